The summed E-state index contributed by atoms with van der Waals surface area (Å²) in [6.45, 7) is 3.58. The van der Waals surface area contributed by atoms with Crippen molar-refractivity contribution in [1.82, 2.24) is 9.88 Å². The number of hydrogen-bond acceptors (Lipinski definition) is 5. The van der Waals surface area contributed by atoms with Gasteiger partial charge in [0.05, 0.1) is 16.8 Å². The second-order valence-electron chi connectivity index (χ2n) is 5.88. The molecule has 0 aliphatic heterocycles. The van der Waals surface area contributed by atoms with Gasteiger partial charge in [0.25, 0.3) is 0 Å². The molecule has 1 aromatic carbocycles. The van der Waals surface area contributed by atoms with Crippen LogP contribution in [0.3, 0.4) is 0 Å². The van der Waals surface area contributed by atoms with E-state index >= 15 is 0 Å². The fraction of sp³-hybridized carbons (Fsp3) is 0.529. The van der Waals surface area contributed by atoms with Gasteiger partial charge in [-0.2, -0.15) is 0 Å². The maximum atomic E-state index is 12.6. The molecule has 1 amide bonds. The van der Waals surface area contributed by atoms with Gasteiger partial charge in [0.15, 0.2) is 5.13 Å². The zero-order valence-electron chi connectivity index (χ0n) is 15.0. The largest absolute Gasteiger partial charge is 0.494 e. The average Bonchev–Trinajstić information content (AvgIpc) is 2.97. The number of amides is 1. The molecule has 0 bridgehead atoms. The highest BCUT2D eigenvalue weighted by molar-refractivity contribution is 7.23. The first-order valence-electron chi connectivity index (χ1n) is 8.06. The van der Waals surface area contributed by atoms with Gasteiger partial charge in [0, 0.05) is 13.0 Å². The van der Waals surface area contributed by atoms with Gasteiger partial charge in [-0.15, -0.1) is 12.4 Å². The molecule has 0 N–H and O–H groups in total. The number of rotatable bonds is 8. The van der Waals surface area contributed by atoms with Crippen molar-refractivity contribution in [3.05, 3.63) is 17.2 Å². The van der Waals surface area contributed by atoms with Gasteiger partial charge in [0.2, 0.25) is 5.91 Å². The van der Waals surface area contributed by atoms with E-state index in [1.54, 1.807) is 24.1 Å². The van der Waals surface area contributed by atoms with Crippen LogP contribution in [0, 0.1) is 0 Å². The summed E-state index contributed by atoms with van der Waals surface area (Å²) < 4.78 is 6.23. The van der Waals surface area contributed by atoms with Crippen LogP contribution in [0.15, 0.2) is 12.1 Å². The Morgan fingerprint density at radius 2 is 2.04 bits per heavy atom. The fourth-order valence-corrected chi connectivity index (χ4v) is 3.74. The van der Waals surface area contributed by atoms with Crippen molar-refractivity contribution < 1.29 is 9.53 Å². The molecule has 8 heteroatoms. The van der Waals surface area contributed by atoms with Crippen molar-refractivity contribution in [2.45, 2.75) is 26.2 Å². The van der Waals surface area contributed by atoms with E-state index in [1.165, 1.54) is 11.3 Å². The van der Waals surface area contributed by atoms with Crippen LogP contribution in [0.25, 0.3) is 10.2 Å². The lowest BCUT2D eigenvalue weighted by molar-refractivity contribution is -0.118. The van der Waals surface area contributed by atoms with E-state index in [-0.39, 0.29) is 18.3 Å². The average molecular weight is 406 g/mol. The molecule has 2 aromatic rings. The van der Waals surface area contributed by atoms with E-state index in [1.807, 2.05) is 21.0 Å². The van der Waals surface area contributed by atoms with E-state index in [4.69, 9.17) is 16.3 Å². The third kappa shape index (κ3) is 5.45. The minimum atomic E-state index is 0. The smallest absolute Gasteiger partial charge is 0.228 e. The lowest BCUT2D eigenvalue weighted by Gasteiger charge is -2.20. The number of carbonyl (C=O) groups is 1. The standard InChI is InChI=1S/C17H24ClN3O2S.ClH/c1-5-7-14(22)21(11-6-10-20(2)3)17-19-15-13(23-4)9-8-12(18)16(15)24-17;/h8-9H,5-7,10-11H2,1-4H3;1H. The van der Waals surface area contributed by atoms with Crippen molar-refractivity contribution in [3.63, 3.8) is 0 Å². The molecule has 0 saturated heterocycles. The van der Waals surface area contributed by atoms with E-state index in [9.17, 15) is 4.79 Å². The number of thiazole rings is 1. The van der Waals surface area contributed by atoms with Gasteiger partial charge in [-0.1, -0.05) is 29.9 Å². The van der Waals surface area contributed by atoms with Crippen molar-refractivity contribution in [2.75, 3.05) is 39.2 Å². The lowest BCUT2D eigenvalue weighted by atomic mass is 10.3. The quantitative estimate of drug-likeness (QED) is 0.649. The van der Waals surface area contributed by atoms with Crippen LogP contribution in [-0.2, 0) is 4.79 Å². The van der Waals surface area contributed by atoms with Gasteiger partial charge in [0.1, 0.15) is 11.3 Å². The van der Waals surface area contributed by atoms with Crippen LogP contribution in [-0.4, -0.2) is 50.1 Å². The Hall–Kier alpha value is -1.08. The van der Waals surface area contributed by atoms with Gasteiger partial charge < -0.3 is 9.64 Å². The molecule has 0 radical (unpaired) electrons. The summed E-state index contributed by atoms with van der Waals surface area (Å²) in [6.07, 6.45) is 2.23. The highest BCUT2D eigenvalue weighted by Gasteiger charge is 2.21. The minimum Gasteiger partial charge on any atom is -0.494 e. The molecule has 2 rings (SSSR count). The number of benzene rings is 1. The van der Waals surface area contributed by atoms with E-state index in [0.29, 0.717) is 34.4 Å². The second kappa shape index (κ2) is 10.2. The number of halogens is 2. The predicted octanol–water partition coefficient (Wildman–Crippen LogP) is 4.46. The summed E-state index contributed by atoms with van der Waals surface area (Å²) in [6, 6.07) is 3.60. The van der Waals surface area contributed by atoms with Crippen molar-refractivity contribution in [1.29, 1.82) is 0 Å². The molecular formula is C17H25Cl2N3O2S. The van der Waals surface area contributed by atoms with Crippen molar-refractivity contribution in [2.24, 2.45) is 0 Å². The lowest BCUT2D eigenvalue weighted by Crippen LogP contribution is -2.33. The van der Waals surface area contributed by atoms with Crippen LogP contribution >= 0.6 is 35.3 Å². The maximum absolute atomic E-state index is 12.6. The number of methoxy groups -OCH3 is 1. The molecule has 1 aromatic heterocycles. The molecule has 140 valence electrons. The molecule has 0 atom stereocenters. The summed E-state index contributed by atoms with van der Waals surface area (Å²) in [7, 11) is 5.67. The highest BCUT2D eigenvalue weighted by Crippen LogP contribution is 2.38. The zero-order chi connectivity index (χ0) is 17.7. The van der Waals surface area contributed by atoms with E-state index in [2.05, 4.69) is 9.88 Å². The summed E-state index contributed by atoms with van der Waals surface area (Å²) in [5, 5.41) is 1.32. The molecule has 0 spiro atoms. The van der Waals surface area contributed by atoms with Gasteiger partial charge >= 0.3 is 0 Å². The predicted molar refractivity (Wildman–Crippen MR) is 109 cm³/mol. The van der Waals surface area contributed by atoms with Crippen LogP contribution in [0.1, 0.15) is 26.2 Å². The summed E-state index contributed by atoms with van der Waals surface area (Å²) in [4.78, 5) is 21.1. The fourth-order valence-electron chi connectivity index (χ4n) is 2.44. The molecule has 0 saturated carbocycles. The first-order valence-corrected chi connectivity index (χ1v) is 9.25. The summed E-state index contributed by atoms with van der Waals surface area (Å²) >= 11 is 7.74. The zero-order valence-corrected chi connectivity index (χ0v) is 17.4. The first-order chi connectivity index (χ1) is 11.5. The first kappa shape index (κ1) is 22.0. The molecule has 0 aliphatic carbocycles. The van der Waals surface area contributed by atoms with Crippen molar-refractivity contribution >= 4 is 56.6 Å². The highest BCUT2D eigenvalue weighted by atomic mass is 35.5. The summed E-state index contributed by atoms with van der Waals surface area (Å²) in [5.74, 6) is 0.776. The minimum absolute atomic E-state index is 0. The number of ether oxygens (including phenoxy) is 1. The normalized spacial score (nSPS) is 10.8. The number of hydrogen-bond donors (Lipinski definition) is 0. The van der Waals surface area contributed by atoms with Crippen LogP contribution in [0.4, 0.5) is 5.13 Å². The Bertz CT molecular complexity index is 707. The molecule has 25 heavy (non-hydrogen) atoms. The Morgan fingerprint density at radius 1 is 1.32 bits per heavy atom. The molecule has 1 heterocycles. The van der Waals surface area contributed by atoms with Crippen LogP contribution < -0.4 is 9.64 Å². The number of fused-ring (bicyclic) bond motifs is 1. The number of nitrogens with zero attached hydrogens (tertiary/aromatic N) is 3. The Morgan fingerprint density at radius 3 is 2.64 bits per heavy atom. The number of anilines is 1. The monoisotopic (exact) mass is 405 g/mol. The summed E-state index contributed by atoms with van der Waals surface area (Å²) in [5.41, 5.74) is 0.715. The molecule has 0 unspecified atom stereocenters. The molecule has 0 fully saturated rings. The second-order valence-corrected chi connectivity index (χ2v) is 7.26. The van der Waals surface area contributed by atoms with Gasteiger partial charge in [-0.3, -0.25) is 9.69 Å². The van der Waals surface area contributed by atoms with E-state index < -0.39 is 0 Å². The molecule has 0 aliphatic rings. The SMILES string of the molecule is CCCC(=O)N(CCCN(C)C)c1nc2c(OC)ccc(Cl)c2s1.Cl. The van der Waals surface area contributed by atoms with Gasteiger partial charge in [-0.05, 0) is 45.6 Å². The third-order valence-electron chi connectivity index (χ3n) is 3.65. The van der Waals surface area contributed by atoms with Crippen molar-refractivity contribution in [3.8, 4) is 5.75 Å². The van der Waals surface area contributed by atoms with Crippen LogP contribution in [0.2, 0.25) is 5.02 Å². The maximum Gasteiger partial charge on any atom is 0.228 e. The Balaban J connectivity index is 0.00000312. The topological polar surface area (TPSA) is 45.7 Å². The molecule has 5 nitrogen and oxygen atoms in total. The Kier molecular flexibility index (Phi) is 8.93. The number of carbonyl (C=O) groups excluding carboxylic acids is 1. The third-order valence-corrected chi connectivity index (χ3v) is 5.19. The Labute approximate surface area is 164 Å². The number of aromatic nitrogens is 1. The van der Waals surface area contributed by atoms with Crippen LogP contribution in [0.5, 0.6) is 5.75 Å². The van der Waals surface area contributed by atoms with E-state index in [0.717, 1.165) is 24.1 Å². The van der Waals surface area contributed by atoms with Gasteiger partial charge in [-0.25, -0.2) is 4.98 Å². The molecular weight excluding hydrogens is 381 g/mol.